The quantitative estimate of drug-likeness (QED) is 0.231. The Morgan fingerprint density at radius 3 is 2.41 bits per heavy atom. The van der Waals surface area contributed by atoms with Crippen molar-refractivity contribution >= 4 is 23.8 Å². The van der Waals surface area contributed by atoms with Gasteiger partial charge in [0.15, 0.2) is 0 Å². The van der Waals surface area contributed by atoms with Crippen LogP contribution < -0.4 is 16.0 Å². The van der Waals surface area contributed by atoms with Gasteiger partial charge < -0.3 is 25.6 Å². The lowest BCUT2D eigenvalue weighted by Crippen LogP contribution is -2.57. The third-order valence-corrected chi connectivity index (χ3v) is 7.62. The summed E-state index contributed by atoms with van der Waals surface area (Å²) in [5.74, 6) is -0.812. The van der Waals surface area contributed by atoms with Crippen LogP contribution in [-0.4, -0.2) is 58.5 Å². The maximum absolute atomic E-state index is 13.7. The molecular weight excluding hydrogens is 520 g/mol. The summed E-state index contributed by atoms with van der Waals surface area (Å²) in [7, 11) is 0. The summed E-state index contributed by atoms with van der Waals surface area (Å²) < 4.78 is 5.43. The van der Waals surface area contributed by atoms with Crippen LogP contribution in [0.15, 0.2) is 42.5 Å². The van der Waals surface area contributed by atoms with Crippen molar-refractivity contribution in [1.82, 2.24) is 20.9 Å². The second kappa shape index (κ2) is 14.5. The molecule has 0 unspecified atom stereocenters. The van der Waals surface area contributed by atoms with Crippen LogP contribution in [-0.2, 0) is 19.1 Å². The number of alkyl carbamates (subject to hydrolysis) is 1. The van der Waals surface area contributed by atoms with Crippen molar-refractivity contribution in [2.24, 2.45) is 0 Å². The van der Waals surface area contributed by atoms with E-state index in [1.54, 1.807) is 25.7 Å². The SMILES string of the molecule is C/C=C\CCCCC[C@H](NC(=O)OC(C)(C)C)C(=O)N1CCC[C@H]1C(=O)NC1(C(=O)N[C@@H](C)c2ccccc2)CC1. The summed E-state index contributed by atoms with van der Waals surface area (Å²) in [5, 5.41) is 8.76. The molecule has 1 saturated carbocycles. The highest BCUT2D eigenvalue weighted by Crippen LogP contribution is 2.37. The minimum absolute atomic E-state index is 0.194. The molecule has 1 aliphatic carbocycles. The molecule has 3 rings (SSSR count). The molecule has 4 amide bonds. The van der Waals surface area contributed by atoms with Gasteiger partial charge in [0.25, 0.3) is 0 Å². The molecule has 1 saturated heterocycles. The first-order valence-electron chi connectivity index (χ1n) is 15.0. The van der Waals surface area contributed by atoms with Crippen LogP contribution in [0.5, 0.6) is 0 Å². The molecule has 0 radical (unpaired) electrons. The average molecular weight is 569 g/mol. The first-order chi connectivity index (χ1) is 19.5. The third-order valence-electron chi connectivity index (χ3n) is 7.62. The number of hydrogen-bond acceptors (Lipinski definition) is 5. The van der Waals surface area contributed by atoms with E-state index in [0.717, 1.165) is 31.2 Å². The van der Waals surface area contributed by atoms with E-state index in [-0.39, 0.29) is 23.8 Å². The summed E-state index contributed by atoms with van der Waals surface area (Å²) in [5.41, 5.74) is -0.656. The van der Waals surface area contributed by atoms with Gasteiger partial charge in [0.1, 0.15) is 23.2 Å². The zero-order valence-corrected chi connectivity index (χ0v) is 25.3. The molecule has 226 valence electrons. The summed E-state index contributed by atoms with van der Waals surface area (Å²) in [6.45, 7) is 9.66. The molecule has 2 aliphatic rings. The van der Waals surface area contributed by atoms with Gasteiger partial charge in [-0.3, -0.25) is 14.4 Å². The van der Waals surface area contributed by atoms with E-state index in [1.807, 2.05) is 50.3 Å². The van der Waals surface area contributed by atoms with Gasteiger partial charge in [0.2, 0.25) is 17.7 Å². The van der Waals surface area contributed by atoms with E-state index >= 15 is 0 Å². The number of nitrogens with zero attached hydrogens (tertiary/aromatic N) is 1. The Labute approximate surface area is 244 Å². The molecule has 0 bridgehead atoms. The van der Waals surface area contributed by atoms with Crippen LogP contribution >= 0.6 is 0 Å². The Kier molecular flexibility index (Phi) is 11.4. The van der Waals surface area contributed by atoms with E-state index < -0.39 is 29.3 Å². The molecule has 1 aliphatic heterocycles. The number of allylic oxidation sites excluding steroid dienone is 2. The number of likely N-dealkylation sites (tertiary alicyclic amines) is 1. The van der Waals surface area contributed by atoms with Crippen LogP contribution in [0, 0.1) is 0 Å². The Hall–Kier alpha value is -3.36. The normalized spacial score (nSPS) is 19.3. The van der Waals surface area contributed by atoms with Crippen molar-refractivity contribution in [2.45, 2.75) is 122 Å². The number of unbranched alkanes of at least 4 members (excludes halogenated alkanes) is 3. The molecule has 1 heterocycles. The zero-order valence-electron chi connectivity index (χ0n) is 25.3. The number of amides is 4. The van der Waals surface area contributed by atoms with Gasteiger partial charge in [-0.1, -0.05) is 55.3 Å². The predicted molar refractivity (Wildman–Crippen MR) is 159 cm³/mol. The summed E-state index contributed by atoms with van der Waals surface area (Å²) >= 11 is 0. The Morgan fingerprint density at radius 1 is 1.07 bits per heavy atom. The van der Waals surface area contributed by atoms with Crippen molar-refractivity contribution in [2.75, 3.05) is 6.54 Å². The Balaban J connectivity index is 1.63. The number of rotatable bonds is 13. The van der Waals surface area contributed by atoms with E-state index in [1.165, 1.54) is 0 Å². The number of hydrogen-bond donors (Lipinski definition) is 3. The summed E-state index contributed by atoms with van der Waals surface area (Å²) in [6.07, 6.45) is 9.92. The highest BCUT2D eigenvalue weighted by molar-refractivity contribution is 5.97. The monoisotopic (exact) mass is 568 g/mol. The van der Waals surface area contributed by atoms with Gasteiger partial charge in [-0.15, -0.1) is 0 Å². The van der Waals surface area contributed by atoms with Gasteiger partial charge in [-0.25, -0.2) is 4.79 Å². The zero-order chi connectivity index (χ0) is 30.0. The lowest BCUT2D eigenvalue weighted by molar-refractivity contribution is -0.141. The van der Waals surface area contributed by atoms with Gasteiger partial charge in [-0.05, 0) is 85.1 Å². The number of ether oxygens (including phenoxy) is 1. The topological polar surface area (TPSA) is 117 Å². The van der Waals surface area contributed by atoms with Crippen LogP contribution in [0.25, 0.3) is 0 Å². The molecule has 3 N–H and O–H groups in total. The van der Waals surface area contributed by atoms with Crippen molar-refractivity contribution in [3.8, 4) is 0 Å². The second-order valence-electron chi connectivity index (χ2n) is 12.3. The van der Waals surface area contributed by atoms with E-state index in [9.17, 15) is 19.2 Å². The highest BCUT2D eigenvalue weighted by Gasteiger charge is 2.53. The minimum Gasteiger partial charge on any atom is -0.444 e. The molecule has 1 aromatic carbocycles. The molecular formula is C32H48N4O5. The van der Waals surface area contributed by atoms with Gasteiger partial charge >= 0.3 is 6.09 Å². The molecule has 3 atom stereocenters. The van der Waals surface area contributed by atoms with Crippen molar-refractivity contribution in [3.05, 3.63) is 48.0 Å². The van der Waals surface area contributed by atoms with Crippen molar-refractivity contribution in [3.63, 3.8) is 0 Å². The fraction of sp³-hybridized carbons (Fsp3) is 0.625. The van der Waals surface area contributed by atoms with Gasteiger partial charge in [0.05, 0.1) is 6.04 Å². The van der Waals surface area contributed by atoms with Crippen molar-refractivity contribution < 1.29 is 23.9 Å². The maximum Gasteiger partial charge on any atom is 0.408 e. The predicted octanol–water partition coefficient (Wildman–Crippen LogP) is 4.92. The highest BCUT2D eigenvalue weighted by atomic mass is 16.6. The van der Waals surface area contributed by atoms with Gasteiger partial charge in [0, 0.05) is 6.54 Å². The van der Waals surface area contributed by atoms with Crippen LogP contribution in [0.1, 0.15) is 104 Å². The van der Waals surface area contributed by atoms with E-state index in [2.05, 4.69) is 22.0 Å². The molecule has 41 heavy (non-hydrogen) atoms. The van der Waals surface area contributed by atoms with E-state index in [0.29, 0.717) is 38.6 Å². The summed E-state index contributed by atoms with van der Waals surface area (Å²) in [6, 6.07) is 8.01. The number of benzene rings is 1. The largest absolute Gasteiger partial charge is 0.444 e. The van der Waals surface area contributed by atoms with Gasteiger partial charge in [-0.2, -0.15) is 0 Å². The first kappa shape index (κ1) is 32.2. The second-order valence-corrected chi connectivity index (χ2v) is 12.3. The standard InChI is InChI=1S/C32H48N4O5/c1-6-7-8-9-10-14-18-25(34-30(40)41-31(3,4)5)28(38)36-22-15-19-26(36)27(37)35-32(20-21-32)29(39)33-23(2)24-16-12-11-13-17-24/h6-7,11-13,16-17,23,25-26H,8-10,14-15,18-22H2,1-5H3,(H,33,39)(H,34,40)(H,35,37)/b7-6-/t23-,25-,26-/m0/s1. The number of nitrogens with one attached hydrogen (secondary N) is 3. The smallest absolute Gasteiger partial charge is 0.408 e. The Morgan fingerprint density at radius 2 is 1.78 bits per heavy atom. The molecule has 9 heteroatoms. The van der Waals surface area contributed by atoms with Crippen LogP contribution in [0.3, 0.4) is 0 Å². The van der Waals surface area contributed by atoms with Crippen LogP contribution in [0.4, 0.5) is 4.79 Å². The van der Waals surface area contributed by atoms with Crippen molar-refractivity contribution in [1.29, 1.82) is 0 Å². The minimum atomic E-state index is -0.946. The molecule has 0 spiro atoms. The maximum atomic E-state index is 13.7. The first-order valence-corrected chi connectivity index (χ1v) is 15.0. The fourth-order valence-corrected chi connectivity index (χ4v) is 5.18. The average Bonchev–Trinajstić information content (AvgIpc) is 3.53. The van der Waals surface area contributed by atoms with Crippen LogP contribution in [0.2, 0.25) is 0 Å². The molecule has 1 aromatic rings. The number of carbonyl (C=O) groups excluding carboxylic acids is 4. The van der Waals surface area contributed by atoms with E-state index in [4.69, 9.17) is 4.74 Å². The molecule has 0 aromatic heterocycles. The fourth-order valence-electron chi connectivity index (χ4n) is 5.18. The number of carbonyl (C=O) groups is 4. The Bertz CT molecular complexity index is 1080. The lowest BCUT2D eigenvalue weighted by atomic mass is 10.0. The lowest BCUT2D eigenvalue weighted by Gasteiger charge is -2.30. The molecule has 9 nitrogen and oxygen atoms in total. The third kappa shape index (κ3) is 9.61. The molecule has 2 fully saturated rings. The summed E-state index contributed by atoms with van der Waals surface area (Å²) in [4.78, 5) is 54.5.